The highest BCUT2D eigenvalue weighted by atomic mass is 16.6. The molecule has 0 bridgehead atoms. The third-order valence-electron chi connectivity index (χ3n) is 4.34. The lowest BCUT2D eigenvalue weighted by molar-refractivity contribution is -0.384. The summed E-state index contributed by atoms with van der Waals surface area (Å²) in [4.78, 5) is 28.0. The highest BCUT2D eigenvalue weighted by Gasteiger charge is 2.11. The van der Waals surface area contributed by atoms with Gasteiger partial charge in [0.15, 0.2) is 5.82 Å². The third-order valence-corrected chi connectivity index (χ3v) is 4.34. The van der Waals surface area contributed by atoms with Gasteiger partial charge in [-0.05, 0) is 24.3 Å². The summed E-state index contributed by atoms with van der Waals surface area (Å²) in [6.45, 7) is 0.0242. The number of nitro groups is 1. The molecule has 0 radical (unpaired) electrons. The van der Waals surface area contributed by atoms with Gasteiger partial charge in [0.25, 0.3) is 11.2 Å². The first kappa shape index (κ1) is 19.0. The summed E-state index contributed by atoms with van der Waals surface area (Å²) in [7, 11) is 0. The van der Waals surface area contributed by atoms with E-state index in [1.54, 1.807) is 48.5 Å². The van der Waals surface area contributed by atoms with Crippen LogP contribution >= 0.6 is 0 Å². The quantitative estimate of drug-likeness (QED) is 0.279. The van der Waals surface area contributed by atoms with Gasteiger partial charge in [-0.25, -0.2) is 4.98 Å². The predicted octanol–water partition coefficient (Wildman–Crippen LogP) is 3.77. The van der Waals surface area contributed by atoms with Crippen LogP contribution in [-0.2, 0) is 6.61 Å². The van der Waals surface area contributed by atoms with E-state index in [-0.39, 0.29) is 17.9 Å². The molecule has 0 N–H and O–H groups in total. The number of non-ortho nitro benzene ring substituents is 1. The van der Waals surface area contributed by atoms with Gasteiger partial charge in [0.2, 0.25) is 0 Å². The van der Waals surface area contributed by atoms with Crippen LogP contribution in [0.2, 0.25) is 0 Å². The lowest BCUT2D eigenvalue weighted by Crippen LogP contribution is -2.23. The number of rotatable bonds is 6. The molecule has 8 heteroatoms. The Balaban J connectivity index is 1.74. The molecule has 0 saturated carbocycles. The first-order valence-electron chi connectivity index (χ1n) is 9.09. The normalized spacial score (nSPS) is 11.1. The van der Waals surface area contributed by atoms with Gasteiger partial charge in [-0.3, -0.25) is 14.9 Å². The maximum atomic E-state index is 13.0. The molecule has 1 aromatic heterocycles. The fourth-order valence-corrected chi connectivity index (χ4v) is 2.89. The van der Waals surface area contributed by atoms with Crippen LogP contribution in [0.5, 0.6) is 5.75 Å². The zero-order chi connectivity index (χ0) is 20.9. The van der Waals surface area contributed by atoms with E-state index in [0.717, 1.165) is 4.68 Å². The number of nitrogens with zero attached hydrogens (tertiary/aromatic N) is 4. The van der Waals surface area contributed by atoms with E-state index in [1.165, 1.54) is 18.3 Å². The summed E-state index contributed by atoms with van der Waals surface area (Å²) in [5, 5.41) is 15.6. The van der Waals surface area contributed by atoms with Crippen LogP contribution in [0.1, 0.15) is 11.4 Å². The molecule has 1 heterocycles. The maximum absolute atomic E-state index is 13.0. The standard InChI is InChI=1S/C22H16N4O4/c27-22-19-11-4-5-12-20(19)24-21(15-30-18-9-2-1-3-10-18)25(22)23-14-16-7-6-8-17(13-16)26(28)29/h1-14H,15H2/b23-14+. The van der Waals surface area contributed by atoms with Crippen LogP contribution in [0.4, 0.5) is 5.69 Å². The second-order valence-corrected chi connectivity index (χ2v) is 6.36. The number of aromatic nitrogens is 2. The van der Waals surface area contributed by atoms with Crippen molar-refractivity contribution in [3.63, 3.8) is 0 Å². The molecule has 0 unspecified atom stereocenters. The van der Waals surface area contributed by atoms with E-state index >= 15 is 0 Å². The molecule has 0 aliphatic carbocycles. The molecule has 0 atom stereocenters. The van der Waals surface area contributed by atoms with Crippen LogP contribution in [0.15, 0.2) is 88.8 Å². The lowest BCUT2D eigenvalue weighted by atomic mass is 10.2. The zero-order valence-corrected chi connectivity index (χ0v) is 15.7. The lowest BCUT2D eigenvalue weighted by Gasteiger charge is -2.10. The van der Waals surface area contributed by atoms with Gasteiger partial charge in [-0.15, -0.1) is 0 Å². The topological polar surface area (TPSA) is 99.6 Å². The van der Waals surface area contributed by atoms with E-state index in [1.807, 2.05) is 18.2 Å². The second kappa shape index (κ2) is 8.36. The molecule has 3 aromatic carbocycles. The SMILES string of the molecule is O=c1c2ccccc2nc(COc2ccccc2)n1/N=C/c1cccc([N+](=O)[O-])c1. The summed E-state index contributed by atoms with van der Waals surface area (Å²) in [6, 6.07) is 22.1. The molecule has 0 spiro atoms. The minimum atomic E-state index is -0.486. The van der Waals surface area contributed by atoms with Gasteiger partial charge in [0.05, 0.1) is 22.0 Å². The molecule has 4 rings (SSSR count). The van der Waals surface area contributed by atoms with E-state index in [2.05, 4.69) is 10.1 Å². The zero-order valence-electron chi connectivity index (χ0n) is 15.7. The summed E-state index contributed by atoms with van der Waals surface area (Å²) in [6.07, 6.45) is 1.39. The minimum absolute atomic E-state index is 0.0242. The molecule has 0 aliphatic heterocycles. The Labute approximate surface area is 170 Å². The van der Waals surface area contributed by atoms with Gasteiger partial charge in [0, 0.05) is 17.7 Å². The molecule has 148 valence electrons. The van der Waals surface area contributed by atoms with Crippen LogP contribution in [0.3, 0.4) is 0 Å². The van der Waals surface area contributed by atoms with Gasteiger partial charge < -0.3 is 4.74 Å². The summed E-state index contributed by atoms with van der Waals surface area (Å²) >= 11 is 0. The Morgan fingerprint density at radius 3 is 2.60 bits per heavy atom. The molecule has 0 aliphatic rings. The third kappa shape index (κ3) is 4.07. The Hall–Kier alpha value is -4.33. The molecular formula is C22H16N4O4. The van der Waals surface area contributed by atoms with Gasteiger partial charge in [0.1, 0.15) is 12.4 Å². The van der Waals surface area contributed by atoms with Crippen LogP contribution < -0.4 is 10.3 Å². The number of para-hydroxylation sites is 2. The monoisotopic (exact) mass is 400 g/mol. The number of hydrogen-bond donors (Lipinski definition) is 0. The van der Waals surface area contributed by atoms with Crippen LogP contribution in [0.25, 0.3) is 10.9 Å². The van der Waals surface area contributed by atoms with Gasteiger partial charge in [-0.2, -0.15) is 9.78 Å². The molecule has 0 fully saturated rings. The summed E-state index contributed by atoms with van der Waals surface area (Å²) in [5.41, 5.74) is 0.611. The van der Waals surface area contributed by atoms with Crippen molar-refractivity contribution in [1.29, 1.82) is 0 Å². The van der Waals surface area contributed by atoms with E-state index in [4.69, 9.17) is 4.74 Å². The number of hydrogen-bond acceptors (Lipinski definition) is 6. The van der Waals surface area contributed by atoms with Gasteiger partial charge >= 0.3 is 0 Å². The Bertz CT molecular complexity index is 1300. The highest BCUT2D eigenvalue weighted by Crippen LogP contribution is 2.14. The molecule has 8 nitrogen and oxygen atoms in total. The highest BCUT2D eigenvalue weighted by molar-refractivity contribution is 5.81. The number of ether oxygens (including phenoxy) is 1. The smallest absolute Gasteiger partial charge is 0.282 e. The number of fused-ring (bicyclic) bond motifs is 1. The molecule has 30 heavy (non-hydrogen) atoms. The summed E-state index contributed by atoms with van der Waals surface area (Å²) < 4.78 is 6.91. The Morgan fingerprint density at radius 2 is 1.80 bits per heavy atom. The van der Waals surface area contributed by atoms with Crippen molar-refractivity contribution in [1.82, 2.24) is 9.66 Å². The van der Waals surface area contributed by atoms with Crippen LogP contribution in [0, 0.1) is 10.1 Å². The fourth-order valence-electron chi connectivity index (χ4n) is 2.89. The van der Waals surface area contributed by atoms with Crippen LogP contribution in [-0.4, -0.2) is 20.8 Å². The predicted molar refractivity (Wildman–Crippen MR) is 113 cm³/mol. The molecule has 0 amide bonds. The van der Waals surface area contributed by atoms with Gasteiger partial charge in [-0.1, -0.05) is 42.5 Å². The van der Waals surface area contributed by atoms with Crippen molar-refractivity contribution in [3.05, 3.63) is 111 Å². The Kier molecular flexibility index (Phi) is 5.29. The molecular weight excluding hydrogens is 384 g/mol. The van der Waals surface area contributed by atoms with Crippen molar-refractivity contribution in [2.24, 2.45) is 5.10 Å². The first-order valence-corrected chi connectivity index (χ1v) is 9.09. The average molecular weight is 400 g/mol. The average Bonchev–Trinajstić information content (AvgIpc) is 2.78. The number of nitro benzene ring substituents is 1. The maximum Gasteiger partial charge on any atom is 0.282 e. The number of benzene rings is 3. The first-order chi connectivity index (χ1) is 14.6. The van der Waals surface area contributed by atoms with Crippen molar-refractivity contribution >= 4 is 22.8 Å². The van der Waals surface area contributed by atoms with Crippen molar-refractivity contribution in [2.75, 3.05) is 0 Å². The molecule has 4 aromatic rings. The summed E-state index contributed by atoms with van der Waals surface area (Å²) in [5.74, 6) is 0.943. The minimum Gasteiger partial charge on any atom is -0.486 e. The van der Waals surface area contributed by atoms with Crippen molar-refractivity contribution < 1.29 is 9.66 Å². The molecule has 0 saturated heterocycles. The van der Waals surface area contributed by atoms with Crippen molar-refractivity contribution in [3.8, 4) is 5.75 Å². The Morgan fingerprint density at radius 1 is 1.03 bits per heavy atom. The fraction of sp³-hybridized carbons (Fsp3) is 0.0455. The second-order valence-electron chi connectivity index (χ2n) is 6.36. The van der Waals surface area contributed by atoms with E-state index in [0.29, 0.717) is 28.0 Å². The van der Waals surface area contributed by atoms with E-state index in [9.17, 15) is 14.9 Å². The van der Waals surface area contributed by atoms with Crippen molar-refractivity contribution in [2.45, 2.75) is 6.61 Å². The largest absolute Gasteiger partial charge is 0.486 e. The van der Waals surface area contributed by atoms with E-state index < -0.39 is 4.92 Å².